The highest BCUT2D eigenvalue weighted by atomic mass is 32.1. The number of carbonyl (C=O) groups is 5. The molecule has 3 aliphatic rings. The molecule has 15 nitrogen and oxygen atoms in total. The average molecular weight is 846 g/mol. The number of aryl methyl sites for hydroxylation is 1. The smallest absolute Gasteiger partial charge is 0.408 e. The zero-order valence-electron chi connectivity index (χ0n) is 36.1. The van der Waals surface area contributed by atoms with E-state index < -0.39 is 58.9 Å². The number of aliphatic carboxylic acids is 1. The minimum atomic E-state index is -1.53. The Hall–Kier alpha value is -5.25. The molecule has 1 aromatic carbocycles. The van der Waals surface area contributed by atoms with Gasteiger partial charge in [0.05, 0.1) is 17.8 Å². The lowest BCUT2D eigenvalue weighted by atomic mass is 9.85. The van der Waals surface area contributed by atoms with Crippen molar-refractivity contribution in [3.05, 3.63) is 41.8 Å². The van der Waals surface area contributed by atoms with Gasteiger partial charge in [-0.3, -0.25) is 14.4 Å². The van der Waals surface area contributed by atoms with Crippen molar-refractivity contribution in [1.82, 2.24) is 25.5 Å². The van der Waals surface area contributed by atoms with E-state index in [4.69, 9.17) is 19.4 Å². The number of anilines is 2. The quantitative estimate of drug-likeness (QED) is 0.134. The SMILES string of the molecule is C=CC1CC1(NC(=O)C1CC(Oc2cc(-c3csc(NC(=O)CC(C)(C)C)n3)nc3c(C)c(N(C)C)ccc23)CN1C(=O)C(NC(=O)OC1CCCC1)C(C)(C)C)C(=O)O. The Balaban J connectivity index is 1.35. The molecule has 4 amide bonds. The number of fused-ring (bicyclic) bond motifs is 1. The maximum Gasteiger partial charge on any atom is 0.408 e. The third-order valence-electron chi connectivity index (χ3n) is 11.5. The second-order valence-corrected chi connectivity index (χ2v) is 19.7. The number of carboxylic acid groups (broad SMARTS) is 1. The minimum absolute atomic E-state index is 0.0317. The van der Waals surface area contributed by atoms with E-state index in [1.165, 1.54) is 22.3 Å². The summed E-state index contributed by atoms with van der Waals surface area (Å²) < 4.78 is 12.5. The number of nitrogens with one attached hydrogen (secondary N) is 3. The largest absolute Gasteiger partial charge is 0.488 e. The first-order valence-electron chi connectivity index (χ1n) is 20.6. The molecule has 3 aromatic rings. The van der Waals surface area contributed by atoms with Gasteiger partial charge in [-0.25, -0.2) is 19.6 Å². The van der Waals surface area contributed by atoms with E-state index in [-0.39, 0.29) is 36.8 Å². The highest BCUT2D eigenvalue weighted by molar-refractivity contribution is 7.14. The number of benzene rings is 1. The fourth-order valence-corrected chi connectivity index (χ4v) is 8.91. The molecule has 0 radical (unpaired) electrons. The van der Waals surface area contributed by atoms with Gasteiger partial charge in [-0.1, -0.05) is 47.6 Å². The molecule has 3 fully saturated rings. The van der Waals surface area contributed by atoms with E-state index in [2.05, 4.69) is 22.5 Å². The number of rotatable bonds is 13. The van der Waals surface area contributed by atoms with Crippen molar-refractivity contribution < 1.29 is 38.6 Å². The van der Waals surface area contributed by atoms with Crippen LogP contribution in [0, 0.1) is 23.7 Å². The number of ether oxygens (including phenoxy) is 2. The highest BCUT2D eigenvalue weighted by Gasteiger charge is 2.61. The monoisotopic (exact) mass is 845 g/mol. The average Bonchev–Trinajstić information content (AvgIpc) is 3.56. The Morgan fingerprint density at radius 2 is 1.77 bits per heavy atom. The number of carboxylic acids is 1. The molecule has 1 aliphatic heterocycles. The van der Waals surface area contributed by atoms with Gasteiger partial charge < -0.3 is 40.3 Å². The summed E-state index contributed by atoms with van der Waals surface area (Å²) in [5.74, 6) is -2.52. The zero-order valence-corrected chi connectivity index (χ0v) is 37.0. The first-order chi connectivity index (χ1) is 28.1. The topological polar surface area (TPSA) is 192 Å². The molecule has 0 spiro atoms. The summed E-state index contributed by atoms with van der Waals surface area (Å²) in [4.78, 5) is 80.4. The van der Waals surface area contributed by atoms with Gasteiger partial charge in [0.2, 0.25) is 17.7 Å². The van der Waals surface area contributed by atoms with Crippen LogP contribution in [0.4, 0.5) is 15.6 Å². The van der Waals surface area contributed by atoms with Gasteiger partial charge in [0, 0.05) is 55.4 Å². The molecule has 16 heteroatoms. The first kappa shape index (κ1) is 44.3. The number of nitrogens with zero attached hydrogens (tertiary/aromatic N) is 4. The zero-order chi connectivity index (χ0) is 43.9. The summed E-state index contributed by atoms with van der Waals surface area (Å²) in [5.41, 5.74) is 0.981. The summed E-state index contributed by atoms with van der Waals surface area (Å²) in [5, 5.41) is 21.5. The fraction of sp³-hybridized carbons (Fsp3) is 0.568. The van der Waals surface area contributed by atoms with Crippen molar-refractivity contribution in [2.75, 3.05) is 30.9 Å². The second kappa shape index (κ2) is 17.0. The van der Waals surface area contributed by atoms with Crippen molar-refractivity contribution in [3.63, 3.8) is 0 Å². The van der Waals surface area contributed by atoms with Crippen LogP contribution in [0.15, 0.2) is 36.2 Å². The third kappa shape index (κ3) is 9.69. The summed E-state index contributed by atoms with van der Waals surface area (Å²) in [6, 6.07) is 3.44. The van der Waals surface area contributed by atoms with E-state index in [0.29, 0.717) is 39.6 Å². The molecule has 1 saturated heterocycles. The Morgan fingerprint density at radius 3 is 2.37 bits per heavy atom. The van der Waals surface area contributed by atoms with Crippen LogP contribution in [-0.2, 0) is 23.9 Å². The van der Waals surface area contributed by atoms with Crippen LogP contribution in [0.3, 0.4) is 0 Å². The summed E-state index contributed by atoms with van der Waals surface area (Å²) in [7, 11) is 3.89. The third-order valence-corrected chi connectivity index (χ3v) is 12.2. The Bertz CT molecular complexity index is 2170. The second-order valence-electron chi connectivity index (χ2n) is 18.9. The molecular weight excluding hydrogens is 787 g/mol. The Kier molecular flexibility index (Phi) is 12.6. The predicted octanol–water partition coefficient (Wildman–Crippen LogP) is 6.68. The molecule has 6 rings (SSSR count). The molecule has 60 heavy (non-hydrogen) atoms. The molecular formula is C44H59N7O8S. The number of likely N-dealkylation sites (tertiary alicyclic amines) is 1. The van der Waals surface area contributed by atoms with Gasteiger partial charge in [-0.2, -0.15) is 0 Å². The van der Waals surface area contributed by atoms with Crippen LogP contribution >= 0.6 is 11.3 Å². The van der Waals surface area contributed by atoms with Gasteiger partial charge in [0.15, 0.2) is 5.13 Å². The summed E-state index contributed by atoms with van der Waals surface area (Å²) in [6.45, 7) is 17.1. The lowest BCUT2D eigenvalue weighted by Gasteiger charge is -2.35. The number of carbonyl (C=O) groups excluding carboxylic acids is 4. The van der Waals surface area contributed by atoms with Crippen LogP contribution in [0.2, 0.25) is 0 Å². The molecule has 4 N–H and O–H groups in total. The van der Waals surface area contributed by atoms with Gasteiger partial charge in [0.25, 0.3) is 0 Å². The van der Waals surface area contributed by atoms with E-state index >= 15 is 0 Å². The van der Waals surface area contributed by atoms with E-state index in [1.54, 1.807) is 6.07 Å². The summed E-state index contributed by atoms with van der Waals surface area (Å²) >= 11 is 1.29. The van der Waals surface area contributed by atoms with Crippen molar-refractivity contribution in [2.45, 2.75) is 123 Å². The van der Waals surface area contributed by atoms with Crippen LogP contribution in [0.25, 0.3) is 22.3 Å². The molecule has 5 atom stereocenters. The molecule has 5 unspecified atom stereocenters. The lowest BCUT2D eigenvalue weighted by molar-refractivity contribution is -0.146. The maximum absolute atomic E-state index is 14.7. The molecule has 2 saturated carbocycles. The fourth-order valence-electron chi connectivity index (χ4n) is 8.19. The minimum Gasteiger partial charge on any atom is -0.488 e. The van der Waals surface area contributed by atoms with Crippen molar-refractivity contribution in [2.24, 2.45) is 16.7 Å². The van der Waals surface area contributed by atoms with Crippen LogP contribution < -0.4 is 25.6 Å². The molecule has 3 heterocycles. The number of pyridine rings is 1. The maximum atomic E-state index is 14.7. The van der Waals surface area contributed by atoms with Crippen LogP contribution in [0.1, 0.15) is 92.1 Å². The molecule has 2 aliphatic carbocycles. The molecule has 0 bridgehead atoms. The van der Waals surface area contributed by atoms with Crippen LogP contribution in [0.5, 0.6) is 5.75 Å². The van der Waals surface area contributed by atoms with Crippen molar-refractivity contribution in [3.8, 4) is 17.1 Å². The standard InChI is InChI=1S/C44H59N7O8S/c1-11-25-20-44(25,39(55)56)49-37(53)32-18-27(22-51(32)38(54)36(43(6,7)8)48-41(57)59-26-14-12-13-15-26)58-33-19-29(45-35-24(2)31(50(9)10)17-16-28(33)35)30-23-60-40(46-30)47-34(52)21-42(3,4)5/h11,16-17,19,23,25-27,32,36H,1,12-15,18,20-22H2,2-10H3,(H,48,57)(H,49,53)(H,55,56)(H,46,47,52). The van der Waals surface area contributed by atoms with E-state index in [9.17, 15) is 29.1 Å². The summed E-state index contributed by atoms with van der Waals surface area (Å²) in [6.07, 6.45) is 3.80. The first-order valence-corrected chi connectivity index (χ1v) is 21.5. The van der Waals surface area contributed by atoms with E-state index in [0.717, 1.165) is 36.9 Å². The lowest BCUT2D eigenvalue weighted by Crippen LogP contribution is -2.59. The number of aromatic nitrogens is 2. The Morgan fingerprint density at radius 1 is 1.07 bits per heavy atom. The van der Waals surface area contributed by atoms with Gasteiger partial charge in [-0.15, -0.1) is 17.9 Å². The number of hydrogen-bond acceptors (Lipinski definition) is 11. The number of hydrogen-bond donors (Lipinski definition) is 4. The van der Waals surface area contributed by atoms with E-state index in [1.807, 2.05) is 85.0 Å². The molecule has 2 aromatic heterocycles. The van der Waals surface area contributed by atoms with Crippen molar-refractivity contribution in [1.29, 1.82) is 0 Å². The normalized spacial score (nSPS) is 22.2. The van der Waals surface area contributed by atoms with Gasteiger partial charge >= 0.3 is 12.1 Å². The van der Waals surface area contributed by atoms with Crippen LogP contribution in [-0.4, -0.2) is 100 Å². The van der Waals surface area contributed by atoms with Gasteiger partial charge in [0.1, 0.15) is 41.3 Å². The van der Waals surface area contributed by atoms with Gasteiger partial charge in [-0.05, 0) is 67.6 Å². The van der Waals surface area contributed by atoms with Crippen molar-refractivity contribution >= 4 is 62.8 Å². The number of amides is 4. The Labute approximate surface area is 355 Å². The number of alkyl carbamates (subject to hydrolysis) is 1. The number of thiazole rings is 1. The highest BCUT2D eigenvalue weighted by Crippen LogP contribution is 2.45. The predicted molar refractivity (Wildman–Crippen MR) is 231 cm³/mol. The molecule has 324 valence electrons.